The van der Waals surface area contributed by atoms with Gasteiger partial charge in [-0.1, -0.05) is 19.1 Å². The van der Waals surface area contributed by atoms with Crippen molar-refractivity contribution in [2.24, 2.45) is 10.9 Å². The average molecular weight is 506 g/mol. The van der Waals surface area contributed by atoms with Gasteiger partial charge in [-0.3, -0.25) is 4.99 Å². The van der Waals surface area contributed by atoms with Crippen LogP contribution in [-0.2, 0) is 11.3 Å². The Morgan fingerprint density at radius 1 is 1.21 bits per heavy atom. The maximum atomic E-state index is 12.0. The lowest BCUT2D eigenvalue weighted by molar-refractivity contribution is 0.0278. The number of nitrogens with zero attached hydrogens (tertiary/aromatic N) is 2. The van der Waals surface area contributed by atoms with E-state index >= 15 is 0 Å². The molecule has 0 aromatic heterocycles. The molecule has 1 atom stereocenters. The zero-order valence-corrected chi connectivity index (χ0v) is 20.4. The Bertz CT molecular complexity index is 615. The lowest BCUT2D eigenvalue weighted by Gasteiger charge is -2.26. The van der Waals surface area contributed by atoms with E-state index in [1.54, 1.807) is 26.1 Å². The Hall–Kier alpha value is -1.71. The summed E-state index contributed by atoms with van der Waals surface area (Å²) < 4.78 is 10.5. The van der Waals surface area contributed by atoms with E-state index < -0.39 is 5.60 Å². The number of nitrogens with one attached hydrogen (secondary N) is 2. The number of guanidine groups is 1. The van der Waals surface area contributed by atoms with Gasteiger partial charge in [0, 0.05) is 33.7 Å². The second kappa shape index (κ2) is 12.7. The highest BCUT2D eigenvalue weighted by atomic mass is 127. The Morgan fingerprint density at radius 3 is 2.32 bits per heavy atom. The van der Waals surface area contributed by atoms with Crippen molar-refractivity contribution < 1.29 is 14.3 Å². The normalized spacial score (nSPS) is 12.5. The molecule has 0 aliphatic carbocycles. The lowest BCUT2D eigenvalue weighted by Crippen LogP contribution is -2.42. The molecule has 1 unspecified atom stereocenters. The minimum atomic E-state index is -0.486. The highest BCUT2D eigenvalue weighted by Crippen LogP contribution is 2.11. The Morgan fingerprint density at radius 2 is 1.82 bits per heavy atom. The molecule has 160 valence electrons. The number of benzene rings is 1. The predicted molar refractivity (Wildman–Crippen MR) is 125 cm³/mol. The molecule has 1 amide bonds. The second-order valence-electron chi connectivity index (χ2n) is 7.62. The molecular formula is C20H35IN4O3. The fourth-order valence-corrected chi connectivity index (χ4v) is 2.37. The fraction of sp³-hybridized carbons (Fsp3) is 0.600. The predicted octanol–water partition coefficient (Wildman–Crippen LogP) is 3.48. The highest BCUT2D eigenvalue weighted by Gasteiger charge is 2.20. The van der Waals surface area contributed by atoms with Crippen molar-refractivity contribution in [1.29, 1.82) is 0 Å². The maximum absolute atomic E-state index is 12.0. The van der Waals surface area contributed by atoms with Gasteiger partial charge in [-0.15, -0.1) is 24.0 Å². The number of carbonyl (C=O) groups is 1. The summed E-state index contributed by atoms with van der Waals surface area (Å²) in [4.78, 5) is 17.9. The topological polar surface area (TPSA) is 75.2 Å². The van der Waals surface area contributed by atoms with Crippen LogP contribution in [0, 0.1) is 5.92 Å². The van der Waals surface area contributed by atoms with Crippen LogP contribution in [0.3, 0.4) is 0 Å². The van der Waals surface area contributed by atoms with Gasteiger partial charge in [0.05, 0.1) is 7.11 Å². The van der Waals surface area contributed by atoms with Crippen molar-refractivity contribution in [2.75, 3.05) is 34.3 Å². The van der Waals surface area contributed by atoms with Gasteiger partial charge >= 0.3 is 6.09 Å². The largest absolute Gasteiger partial charge is 0.497 e. The van der Waals surface area contributed by atoms with Crippen LogP contribution in [0.1, 0.15) is 33.3 Å². The van der Waals surface area contributed by atoms with E-state index in [-0.39, 0.29) is 36.0 Å². The van der Waals surface area contributed by atoms with Crippen LogP contribution in [-0.4, -0.2) is 56.8 Å². The van der Waals surface area contributed by atoms with Gasteiger partial charge in [-0.05, 0) is 44.4 Å². The first-order valence-electron chi connectivity index (χ1n) is 9.16. The number of methoxy groups -OCH3 is 1. The first kappa shape index (κ1) is 26.3. The van der Waals surface area contributed by atoms with Crippen molar-refractivity contribution in [3.05, 3.63) is 29.8 Å². The Labute approximate surface area is 186 Å². The third kappa shape index (κ3) is 10.6. The van der Waals surface area contributed by atoms with Crippen LogP contribution < -0.4 is 15.4 Å². The highest BCUT2D eigenvalue weighted by molar-refractivity contribution is 14.0. The van der Waals surface area contributed by atoms with E-state index in [2.05, 4.69) is 22.5 Å². The minimum Gasteiger partial charge on any atom is -0.497 e. The zero-order chi connectivity index (χ0) is 20.4. The van der Waals surface area contributed by atoms with Crippen molar-refractivity contribution in [2.45, 2.75) is 39.8 Å². The molecule has 1 aromatic carbocycles. The third-order valence-electron chi connectivity index (χ3n) is 3.75. The number of halogens is 1. The molecule has 1 rings (SSSR count). The minimum absolute atomic E-state index is 0. The van der Waals surface area contributed by atoms with E-state index in [0.717, 1.165) is 17.3 Å². The smallest absolute Gasteiger partial charge is 0.410 e. The van der Waals surface area contributed by atoms with Gasteiger partial charge in [0.25, 0.3) is 0 Å². The number of rotatable bonds is 7. The first-order chi connectivity index (χ1) is 12.6. The molecule has 0 saturated carbocycles. The molecule has 2 N–H and O–H groups in total. The van der Waals surface area contributed by atoms with Gasteiger partial charge in [-0.2, -0.15) is 0 Å². The molecule has 0 radical (unpaired) electrons. The van der Waals surface area contributed by atoms with Crippen molar-refractivity contribution in [1.82, 2.24) is 15.5 Å². The molecule has 0 saturated heterocycles. The molecule has 0 bridgehead atoms. The molecule has 0 aliphatic heterocycles. The standard InChI is InChI=1S/C20H34N4O3.HI/c1-15(14-24(6)19(25)27-20(2,3)4)12-22-18(21-5)23-13-16-8-10-17(26-7)11-9-16;/h8-11,15H,12-14H2,1-7H3,(H2,21,22,23);1H. The number of aliphatic imine (C=N–C) groups is 1. The first-order valence-corrected chi connectivity index (χ1v) is 9.16. The fourth-order valence-electron chi connectivity index (χ4n) is 2.37. The van der Waals surface area contributed by atoms with E-state index in [4.69, 9.17) is 9.47 Å². The average Bonchev–Trinajstić information content (AvgIpc) is 2.60. The molecule has 8 heteroatoms. The quantitative estimate of drug-likeness (QED) is 0.337. The van der Waals surface area contributed by atoms with Crippen LogP contribution in [0.2, 0.25) is 0 Å². The Kier molecular flexibility index (Phi) is 11.9. The summed E-state index contributed by atoms with van der Waals surface area (Å²) >= 11 is 0. The van der Waals surface area contributed by atoms with Crippen LogP contribution in [0.5, 0.6) is 5.75 Å². The van der Waals surface area contributed by atoms with E-state index in [9.17, 15) is 4.79 Å². The van der Waals surface area contributed by atoms with E-state index in [1.165, 1.54) is 0 Å². The van der Waals surface area contributed by atoms with Gasteiger partial charge < -0.3 is 25.0 Å². The summed E-state index contributed by atoms with van der Waals surface area (Å²) in [5.41, 5.74) is 0.650. The third-order valence-corrected chi connectivity index (χ3v) is 3.75. The molecular weight excluding hydrogens is 471 g/mol. The number of ether oxygens (including phenoxy) is 2. The summed E-state index contributed by atoms with van der Waals surface area (Å²) in [6.07, 6.45) is -0.309. The number of carbonyl (C=O) groups excluding carboxylic acids is 1. The maximum Gasteiger partial charge on any atom is 0.410 e. The van der Waals surface area contributed by atoms with E-state index in [0.29, 0.717) is 19.6 Å². The van der Waals surface area contributed by atoms with Crippen molar-refractivity contribution in [3.63, 3.8) is 0 Å². The van der Waals surface area contributed by atoms with Crippen molar-refractivity contribution >= 4 is 36.0 Å². The summed E-state index contributed by atoms with van der Waals surface area (Å²) in [5.74, 6) is 1.80. The molecule has 0 spiro atoms. The number of hydrogen-bond donors (Lipinski definition) is 2. The zero-order valence-electron chi connectivity index (χ0n) is 18.0. The number of hydrogen-bond acceptors (Lipinski definition) is 4. The van der Waals surface area contributed by atoms with E-state index in [1.807, 2.05) is 45.0 Å². The second-order valence-corrected chi connectivity index (χ2v) is 7.62. The lowest BCUT2D eigenvalue weighted by atomic mass is 10.1. The van der Waals surface area contributed by atoms with Crippen LogP contribution in [0.15, 0.2) is 29.3 Å². The summed E-state index contributed by atoms with van der Waals surface area (Å²) in [6, 6.07) is 7.89. The van der Waals surface area contributed by atoms with Crippen LogP contribution >= 0.6 is 24.0 Å². The molecule has 0 fully saturated rings. The monoisotopic (exact) mass is 506 g/mol. The molecule has 0 aliphatic rings. The Balaban J connectivity index is 0.00000729. The van der Waals surface area contributed by atoms with Gasteiger partial charge in [0.2, 0.25) is 0 Å². The van der Waals surface area contributed by atoms with Gasteiger partial charge in [0.1, 0.15) is 11.4 Å². The van der Waals surface area contributed by atoms with Crippen LogP contribution in [0.25, 0.3) is 0 Å². The molecule has 7 nitrogen and oxygen atoms in total. The molecule has 28 heavy (non-hydrogen) atoms. The van der Waals surface area contributed by atoms with Crippen molar-refractivity contribution in [3.8, 4) is 5.75 Å². The summed E-state index contributed by atoms with van der Waals surface area (Å²) in [7, 11) is 5.14. The molecule has 1 aromatic rings. The SMILES string of the molecule is CN=C(NCc1ccc(OC)cc1)NCC(C)CN(C)C(=O)OC(C)(C)C.I. The van der Waals surface area contributed by atoms with Gasteiger partial charge in [0.15, 0.2) is 5.96 Å². The number of amides is 1. The summed E-state index contributed by atoms with van der Waals surface area (Å²) in [5, 5.41) is 6.57. The van der Waals surface area contributed by atoms with Gasteiger partial charge in [-0.25, -0.2) is 4.79 Å². The van der Waals surface area contributed by atoms with Crippen LogP contribution in [0.4, 0.5) is 4.79 Å². The molecule has 0 heterocycles. The summed E-state index contributed by atoms with van der Waals surface area (Å²) in [6.45, 7) is 9.61.